The number of carbonyl (C=O) groups is 2. The molecule has 1 fully saturated rings. The molecule has 0 N–H and O–H groups in total. The first-order valence-electron chi connectivity index (χ1n) is 9.40. The Kier molecular flexibility index (Phi) is 4.45. The van der Waals surface area contributed by atoms with Crippen molar-refractivity contribution >= 4 is 11.8 Å². The molecular formula is C18H24N6O3. The molecule has 1 unspecified atom stereocenters. The van der Waals surface area contributed by atoms with Crippen LogP contribution in [0.4, 0.5) is 0 Å². The summed E-state index contributed by atoms with van der Waals surface area (Å²) in [4.78, 5) is 33.1. The molecule has 2 aliphatic rings. The smallest absolute Gasteiger partial charge is 0.274 e. The van der Waals surface area contributed by atoms with Gasteiger partial charge >= 0.3 is 0 Å². The molecule has 2 aliphatic heterocycles. The lowest BCUT2D eigenvalue weighted by atomic mass is 9.97. The molecule has 0 radical (unpaired) electrons. The van der Waals surface area contributed by atoms with Gasteiger partial charge in [-0.3, -0.25) is 14.3 Å². The van der Waals surface area contributed by atoms with Crippen LogP contribution in [0.1, 0.15) is 71.2 Å². The molecule has 2 aromatic rings. The fraction of sp³-hybridized carbons (Fsp3) is 0.611. The number of hydrogen-bond donors (Lipinski definition) is 0. The Morgan fingerprint density at radius 3 is 2.85 bits per heavy atom. The number of piperidine rings is 1. The lowest BCUT2D eigenvalue weighted by molar-refractivity contribution is 0.0685. The largest absolute Gasteiger partial charge is 0.339 e. The average Bonchev–Trinajstić information content (AvgIpc) is 3.32. The Morgan fingerprint density at radius 1 is 1.30 bits per heavy atom. The van der Waals surface area contributed by atoms with Gasteiger partial charge in [-0.05, 0) is 12.8 Å². The number of carbonyl (C=O) groups excluding carboxylic acids is 2. The maximum absolute atomic E-state index is 13.0. The van der Waals surface area contributed by atoms with Crippen LogP contribution in [0.25, 0.3) is 0 Å². The zero-order chi connectivity index (χ0) is 19.1. The number of likely N-dealkylation sites (N-methyl/N-ethyl adjacent to an activating group) is 1. The molecule has 2 amide bonds. The molecule has 0 spiro atoms. The van der Waals surface area contributed by atoms with E-state index in [2.05, 4.69) is 15.2 Å². The number of hydrogen-bond acceptors (Lipinski definition) is 6. The van der Waals surface area contributed by atoms with Gasteiger partial charge in [-0.15, -0.1) is 0 Å². The molecule has 0 saturated carbocycles. The Balaban J connectivity index is 1.50. The van der Waals surface area contributed by atoms with E-state index >= 15 is 0 Å². The van der Waals surface area contributed by atoms with Gasteiger partial charge < -0.3 is 14.3 Å². The average molecular weight is 372 g/mol. The first-order chi connectivity index (χ1) is 12.9. The third-order valence-corrected chi connectivity index (χ3v) is 5.24. The monoisotopic (exact) mass is 372 g/mol. The van der Waals surface area contributed by atoms with Crippen LogP contribution in [0.3, 0.4) is 0 Å². The van der Waals surface area contributed by atoms with Gasteiger partial charge in [0.25, 0.3) is 11.8 Å². The molecule has 1 atom stereocenters. The minimum absolute atomic E-state index is 0.0349. The van der Waals surface area contributed by atoms with E-state index in [1.165, 1.54) is 0 Å². The van der Waals surface area contributed by atoms with Crippen LogP contribution in [0.5, 0.6) is 0 Å². The number of nitrogens with zero attached hydrogens (tertiary/aromatic N) is 6. The molecular weight excluding hydrogens is 348 g/mol. The fourth-order valence-corrected chi connectivity index (χ4v) is 3.58. The highest BCUT2D eigenvalue weighted by Gasteiger charge is 2.32. The first-order valence-corrected chi connectivity index (χ1v) is 9.40. The Hall–Kier alpha value is -2.71. The minimum Gasteiger partial charge on any atom is -0.339 e. The van der Waals surface area contributed by atoms with E-state index < -0.39 is 0 Å². The highest BCUT2D eigenvalue weighted by Crippen LogP contribution is 2.27. The molecule has 0 aromatic carbocycles. The van der Waals surface area contributed by atoms with Gasteiger partial charge in [0, 0.05) is 38.7 Å². The molecule has 9 heteroatoms. The van der Waals surface area contributed by atoms with E-state index in [-0.39, 0.29) is 23.7 Å². The van der Waals surface area contributed by atoms with E-state index in [9.17, 15) is 9.59 Å². The molecule has 4 heterocycles. The van der Waals surface area contributed by atoms with Crippen LogP contribution >= 0.6 is 0 Å². The number of fused-ring (bicyclic) bond motifs is 1. The molecule has 4 rings (SSSR count). The Bertz CT molecular complexity index is 870. The zero-order valence-corrected chi connectivity index (χ0v) is 15.9. The van der Waals surface area contributed by atoms with Crippen LogP contribution in [0, 0.1) is 0 Å². The van der Waals surface area contributed by atoms with Gasteiger partial charge in [0.15, 0.2) is 11.5 Å². The summed E-state index contributed by atoms with van der Waals surface area (Å²) in [6.07, 6.45) is 1.78. The Labute approximate surface area is 157 Å². The lowest BCUT2D eigenvalue weighted by Crippen LogP contribution is -2.39. The maximum Gasteiger partial charge on any atom is 0.274 e. The Morgan fingerprint density at radius 2 is 2.11 bits per heavy atom. The van der Waals surface area contributed by atoms with Crippen molar-refractivity contribution in [3.05, 3.63) is 29.2 Å². The van der Waals surface area contributed by atoms with E-state index in [0.29, 0.717) is 49.3 Å². The second-order valence-corrected chi connectivity index (χ2v) is 7.60. The van der Waals surface area contributed by atoms with E-state index in [0.717, 1.165) is 12.8 Å². The van der Waals surface area contributed by atoms with Gasteiger partial charge in [-0.1, -0.05) is 19.0 Å². The summed E-state index contributed by atoms with van der Waals surface area (Å²) >= 11 is 0. The number of aromatic nitrogens is 4. The standard InChI is InChI=1S/C18H24N6O3/c1-11(2)15-19-16(27-21-15)12-5-4-6-23(10-12)17(25)13-9-14-18(26)22(3)7-8-24(14)20-13/h9,11-12H,4-8,10H2,1-3H3. The van der Waals surface area contributed by atoms with Crippen molar-refractivity contribution in [3.8, 4) is 0 Å². The predicted molar refractivity (Wildman–Crippen MR) is 95.5 cm³/mol. The van der Waals surface area contributed by atoms with Gasteiger partial charge in [-0.25, -0.2) is 0 Å². The van der Waals surface area contributed by atoms with Gasteiger partial charge in [0.2, 0.25) is 5.89 Å². The topological polar surface area (TPSA) is 97.4 Å². The third-order valence-electron chi connectivity index (χ3n) is 5.24. The summed E-state index contributed by atoms with van der Waals surface area (Å²) in [6.45, 7) is 6.43. The summed E-state index contributed by atoms with van der Waals surface area (Å²) in [7, 11) is 1.76. The van der Waals surface area contributed by atoms with Crippen molar-refractivity contribution in [2.24, 2.45) is 0 Å². The van der Waals surface area contributed by atoms with Crippen molar-refractivity contribution in [1.29, 1.82) is 0 Å². The molecule has 0 aliphatic carbocycles. The van der Waals surface area contributed by atoms with E-state index in [4.69, 9.17) is 4.52 Å². The molecule has 0 bridgehead atoms. The van der Waals surface area contributed by atoms with E-state index in [1.54, 1.807) is 27.6 Å². The summed E-state index contributed by atoms with van der Waals surface area (Å²) in [5.41, 5.74) is 0.793. The van der Waals surface area contributed by atoms with Crippen molar-refractivity contribution in [1.82, 2.24) is 29.7 Å². The fourth-order valence-electron chi connectivity index (χ4n) is 3.58. The van der Waals surface area contributed by atoms with Crippen LogP contribution in [0.15, 0.2) is 10.6 Å². The normalized spacial score (nSPS) is 20.3. The lowest BCUT2D eigenvalue weighted by Gasteiger charge is -2.30. The second kappa shape index (κ2) is 6.79. The van der Waals surface area contributed by atoms with Gasteiger partial charge in [0.1, 0.15) is 5.69 Å². The van der Waals surface area contributed by atoms with E-state index in [1.807, 2.05) is 13.8 Å². The maximum atomic E-state index is 13.0. The SMILES string of the molecule is CC(C)c1noc(C2CCCN(C(=O)c3cc4n(n3)CCN(C)C4=O)C2)n1. The summed E-state index contributed by atoms with van der Waals surface area (Å²) in [5, 5.41) is 8.39. The number of likely N-dealkylation sites (tertiary alicyclic amines) is 1. The third kappa shape index (κ3) is 3.22. The number of amides is 2. The molecule has 1 saturated heterocycles. The van der Waals surface area contributed by atoms with Crippen molar-refractivity contribution in [2.75, 3.05) is 26.7 Å². The summed E-state index contributed by atoms with van der Waals surface area (Å²) in [6, 6.07) is 1.60. The first kappa shape index (κ1) is 17.7. The van der Waals surface area contributed by atoms with Crippen LogP contribution in [-0.4, -0.2) is 68.2 Å². The summed E-state index contributed by atoms with van der Waals surface area (Å²) < 4.78 is 7.05. The zero-order valence-electron chi connectivity index (χ0n) is 15.9. The van der Waals surface area contributed by atoms with Crippen molar-refractivity contribution < 1.29 is 14.1 Å². The van der Waals surface area contributed by atoms with Crippen molar-refractivity contribution in [3.63, 3.8) is 0 Å². The minimum atomic E-state index is -0.152. The molecule has 2 aromatic heterocycles. The van der Waals surface area contributed by atoms with Crippen molar-refractivity contribution in [2.45, 2.75) is 45.1 Å². The highest BCUT2D eigenvalue weighted by atomic mass is 16.5. The van der Waals surface area contributed by atoms with Gasteiger partial charge in [-0.2, -0.15) is 10.1 Å². The molecule has 27 heavy (non-hydrogen) atoms. The highest BCUT2D eigenvalue weighted by molar-refractivity contribution is 5.98. The van der Waals surface area contributed by atoms with Crippen LogP contribution < -0.4 is 0 Å². The predicted octanol–water partition coefficient (Wildman–Crippen LogP) is 1.49. The molecule has 144 valence electrons. The second-order valence-electron chi connectivity index (χ2n) is 7.60. The summed E-state index contributed by atoms with van der Waals surface area (Å²) in [5.74, 6) is 1.27. The van der Waals surface area contributed by atoms with Gasteiger partial charge in [0.05, 0.1) is 12.5 Å². The number of rotatable bonds is 3. The quantitative estimate of drug-likeness (QED) is 0.810. The molecule has 9 nitrogen and oxygen atoms in total. The van der Waals surface area contributed by atoms with Crippen LogP contribution in [0.2, 0.25) is 0 Å². The van der Waals surface area contributed by atoms with Crippen LogP contribution in [-0.2, 0) is 6.54 Å².